The minimum Gasteiger partial charge on any atom is -0.437 e. The van der Waals surface area contributed by atoms with Crippen molar-refractivity contribution in [2.24, 2.45) is 0 Å². The summed E-state index contributed by atoms with van der Waals surface area (Å²) in [5.41, 5.74) is 13.4. The summed E-state index contributed by atoms with van der Waals surface area (Å²) in [5, 5.41) is 4.38. The Bertz CT molecular complexity index is 3160. The Balaban J connectivity index is 1.09. The third kappa shape index (κ3) is 5.21. The molecule has 11 rings (SSSR count). The van der Waals surface area contributed by atoms with Gasteiger partial charge in [-0.05, 0) is 41.5 Å². The first-order valence-corrected chi connectivity index (χ1v) is 18.8. The van der Waals surface area contributed by atoms with E-state index in [1.54, 1.807) is 0 Å². The lowest BCUT2D eigenvalue weighted by atomic mass is 9.94. The van der Waals surface area contributed by atoms with Crippen molar-refractivity contribution in [1.82, 2.24) is 19.5 Å². The van der Waals surface area contributed by atoms with Crippen molar-refractivity contribution < 1.29 is 4.42 Å². The normalized spacial score (nSPS) is 11.6. The van der Waals surface area contributed by atoms with E-state index in [-0.39, 0.29) is 0 Å². The maximum absolute atomic E-state index is 7.07. The number of para-hydroxylation sites is 3. The SMILES string of the molecule is c1ccc(-c2cc(-c3ccc(-c4ccccc4-c4nc5ccccc5c5c4oc4c5c5ccccc5n4-c4ccccc4)cc3)nc(-c3ccccc3)n2)cc1. The molecule has 0 unspecified atom stereocenters. The molecule has 262 valence electrons. The summed E-state index contributed by atoms with van der Waals surface area (Å²) in [6.45, 7) is 0. The van der Waals surface area contributed by atoms with Crippen molar-refractivity contribution in [3.8, 4) is 62.0 Å². The van der Waals surface area contributed by atoms with Crippen LogP contribution in [0, 0.1) is 0 Å². The van der Waals surface area contributed by atoms with E-state index >= 15 is 0 Å². The molecule has 0 bridgehead atoms. The Labute approximate surface area is 322 Å². The van der Waals surface area contributed by atoms with E-state index in [0.29, 0.717) is 5.82 Å². The maximum atomic E-state index is 7.07. The summed E-state index contributed by atoms with van der Waals surface area (Å²) in [7, 11) is 0. The average molecular weight is 717 g/mol. The minimum absolute atomic E-state index is 0.696. The van der Waals surface area contributed by atoms with E-state index in [9.17, 15) is 0 Å². The minimum atomic E-state index is 0.696. The van der Waals surface area contributed by atoms with Crippen molar-refractivity contribution in [3.05, 3.63) is 194 Å². The molecule has 0 amide bonds. The molecule has 4 aromatic heterocycles. The van der Waals surface area contributed by atoms with Crippen LogP contribution in [0.5, 0.6) is 0 Å². The highest BCUT2D eigenvalue weighted by molar-refractivity contribution is 6.28. The van der Waals surface area contributed by atoms with Crippen LogP contribution in [-0.2, 0) is 0 Å². The number of aromatic nitrogens is 4. The molecule has 0 saturated carbocycles. The summed E-state index contributed by atoms with van der Waals surface area (Å²) < 4.78 is 9.30. The predicted molar refractivity (Wildman–Crippen MR) is 229 cm³/mol. The Morgan fingerprint density at radius 2 is 0.964 bits per heavy atom. The van der Waals surface area contributed by atoms with Crippen molar-refractivity contribution in [3.63, 3.8) is 0 Å². The molecule has 0 atom stereocenters. The fraction of sp³-hybridized carbons (Fsp3) is 0. The standard InChI is InChI=1S/C51H32N4O/c1-4-16-34(17-5-1)43-32-44(54-50(53-43)36-18-6-2-7-19-36)35-30-28-33(29-31-35)38-22-10-11-23-39(38)48-49-46(40-24-12-14-26-42(40)52-48)47-41-25-13-15-27-45(41)55(51(47)56-49)37-20-8-3-9-21-37/h1-32H. The van der Waals surface area contributed by atoms with E-state index < -0.39 is 0 Å². The van der Waals surface area contributed by atoms with Crippen molar-refractivity contribution >= 4 is 43.9 Å². The molecular weight excluding hydrogens is 685 g/mol. The zero-order chi connectivity index (χ0) is 37.0. The summed E-state index contributed by atoms with van der Waals surface area (Å²) in [4.78, 5) is 15.4. The van der Waals surface area contributed by atoms with Crippen LogP contribution < -0.4 is 0 Å². The van der Waals surface area contributed by atoms with Crippen LogP contribution in [-0.4, -0.2) is 19.5 Å². The zero-order valence-electron chi connectivity index (χ0n) is 30.2. The van der Waals surface area contributed by atoms with E-state index in [1.807, 2.05) is 42.5 Å². The van der Waals surface area contributed by atoms with Crippen LogP contribution >= 0.6 is 0 Å². The van der Waals surface area contributed by atoms with Crippen LogP contribution in [0.2, 0.25) is 0 Å². The number of hydrogen-bond donors (Lipinski definition) is 0. The zero-order valence-corrected chi connectivity index (χ0v) is 30.2. The van der Waals surface area contributed by atoms with Crippen molar-refractivity contribution in [2.45, 2.75) is 0 Å². The Hall–Kier alpha value is -7.63. The van der Waals surface area contributed by atoms with Gasteiger partial charge < -0.3 is 4.42 Å². The number of fused-ring (bicyclic) bond motifs is 7. The topological polar surface area (TPSA) is 56.7 Å². The second-order valence-corrected chi connectivity index (χ2v) is 14.0. The number of rotatable bonds is 6. The highest BCUT2D eigenvalue weighted by Crippen LogP contribution is 2.46. The molecule has 4 heterocycles. The second kappa shape index (κ2) is 13.0. The van der Waals surface area contributed by atoms with Gasteiger partial charge in [0.05, 0.1) is 27.8 Å². The molecule has 0 N–H and O–H groups in total. The predicted octanol–water partition coefficient (Wildman–Crippen LogP) is 13.2. The molecule has 11 aromatic rings. The summed E-state index contributed by atoms with van der Waals surface area (Å²) in [5.74, 6) is 0.696. The molecule has 0 aliphatic rings. The van der Waals surface area contributed by atoms with Gasteiger partial charge in [-0.3, -0.25) is 4.57 Å². The monoisotopic (exact) mass is 716 g/mol. The van der Waals surface area contributed by atoms with Gasteiger partial charge in [-0.15, -0.1) is 0 Å². The Morgan fingerprint density at radius 3 is 1.70 bits per heavy atom. The molecule has 0 radical (unpaired) electrons. The van der Waals surface area contributed by atoms with Gasteiger partial charge in [0.15, 0.2) is 11.4 Å². The third-order valence-corrected chi connectivity index (χ3v) is 10.6. The number of furan rings is 1. The molecule has 56 heavy (non-hydrogen) atoms. The Kier molecular flexibility index (Phi) is 7.42. The van der Waals surface area contributed by atoms with Gasteiger partial charge in [0, 0.05) is 44.1 Å². The second-order valence-electron chi connectivity index (χ2n) is 14.0. The van der Waals surface area contributed by atoms with Crippen LogP contribution in [0.3, 0.4) is 0 Å². The van der Waals surface area contributed by atoms with Crippen molar-refractivity contribution in [2.75, 3.05) is 0 Å². The molecular formula is C51H32N4O. The van der Waals surface area contributed by atoms with Crippen molar-refractivity contribution in [1.29, 1.82) is 0 Å². The van der Waals surface area contributed by atoms with Gasteiger partial charge in [0.25, 0.3) is 0 Å². The van der Waals surface area contributed by atoms with Gasteiger partial charge in [0.2, 0.25) is 5.71 Å². The van der Waals surface area contributed by atoms with E-state index in [2.05, 4.69) is 156 Å². The van der Waals surface area contributed by atoms with Gasteiger partial charge in [-0.2, -0.15) is 0 Å². The molecule has 0 aliphatic carbocycles. The highest BCUT2D eigenvalue weighted by atomic mass is 16.3. The Morgan fingerprint density at radius 1 is 0.411 bits per heavy atom. The van der Waals surface area contributed by atoms with Crippen LogP contribution in [0.4, 0.5) is 0 Å². The number of pyridine rings is 1. The fourth-order valence-electron chi connectivity index (χ4n) is 8.04. The average Bonchev–Trinajstić information content (AvgIpc) is 3.82. The fourth-order valence-corrected chi connectivity index (χ4v) is 8.04. The van der Waals surface area contributed by atoms with Gasteiger partial charge >= 0.3 is 0 Å². The third-order valence-electron chi connectivity index (χ3n) is 10.6. The van der Waals surface area contributed by atoms with Crippen LogP contribution in [0.25, 0.3) is 106 Å². The van der Waals surface area contributed by atoms with Gasteiger partial charge in [-0.25, -0.2) is 15.0 Å². The first-order chi connectivity index (χ1) is 27.8. The van der Waals surface area contributed by atoms with E-state index in [1.165, 1.54) is 0 Å². The number of benzene rings is 7. The largest absolute Gasteiger partial charge is 0.437 e. The summed E-state index contributed by atoms with van der Waals surface area (Å²) >= 11 is 0. The molecule has 0 spiro atoms. The summed E-state index contributed by atoms with van der Waals surface area (Å²) in [6.07, 6.45) is 0. The lowest BCUT2D eigenvalue weighted by molar-refractivity contribution is 0.645. The molecule has 5 heteroatoms. The molecule has 0 fully saturated rings. The summed E-state index contributed by atoms with van der Waals surface area (Å²) in [6, 6.07) is 67.0. The van der Waals surface area contributed by atoms with Crippen LogP contribution in [0.1, 0.15) is 0 Å². The molecule has 0 aliphatic heterocycles. The molecule has 5 nitrogen and oxygen atoms in total. The van der Waals surface area contributed by atoms with Gasteiger partial charge in [-0.1, -0.05) is 164 Å². The van der Waals surface area contributed by atoms with E-state index in [4.69, 9.17) is 19.4 Å². The quantitative estimate of drug-likeness (QED) is 0.172. The first-order valence-electron chi connectivity index (χ1n) is 18.8. The molecule has 7 aromatic carbocycles. The number of hydrogen-bond acceptors (Lipinski definition) is 4. The number of nitrogens with zero attached hydrogens (tertiary/aromatic N) is 4. The smallest absolute Gasteiger partial charge is 0.213 e. The lowest BCUT2D eigenvalue weighted by Crippen LogP contribution is -1.96. The molecule has 0 saturated heterocycles. The first kappa shape index (κ1) is 31.9. The maximum Gasteiger partial charge on any atom is 0.213 e. The lowest BCUT2D eigenvalue weighted by Gasteiger charge is -2.13. The van der Waals surface area contributed by atoms with Gasteiger partial charge in [0.1, 0.15) is 5.69 Å². The highest BCUT2D eigenvalue weighted by Gasteiger charge is 2.25. The van der Waals surface area contributed by atoms with E-state index in [0.717, 1.165) is 100 Å². The van der Waals surface area contributed by atoms with Crippen LogP contribution in [0.15, 0.2) is 199 Å².